The largest absolute Gasteiger partial charge is 0.493 e. The number of esters is 1. The van der Waals surface area contributed by atoms with Crippen molar-refractivity contribution in [2.45, 2.75) is 19.8 Å². The molecule has 0 aliphatic heterocycles. The molecule has 0 saturated carbocycles. The van der Waals surface area contributed by atoms with E-state index in [1.165, 1.54) is 26.4 Å². The number of nitrogens with one attached hydrogen (secondary N) is 1. The van der Waals surface area contributed by atoms with Crippen LogP contribution in [-0.4, -0.2) is 38.5 Å². The fourth-order valence-electron chi connectivity index (χ4n) is 2.66. The maximum Gasteiger partial charge on any atom is 0.331 e. The van der Waals surface area contributed by atoms with E-state index in [4.69, 9.17) is 25.8 Å². The highest BCUT2D eigenvalue weighted by molar-refractivity contribution is 6.32. The SMILES string of the molecule is CCCC(=O)Nc1ccc(C(=O)COC(=O)/C=C/c2cc(Cl)c(OC)c(OC)c2)cc1. The summed E-state index contributed by atoms with van der Waals surface area (Å²) in [6, 6.07) is 9.66. The summed E-state index contributed by atoms with van der Waals surface area (Å²) in [5.41, 5.74) is 1.58. The zero-order valence-electron chi connectivity index (χ0n) is 17.6. The van der Waals surface area contributed by atoms with Gasteiger partial charge in [-0.25, -0.2) is 4.79 Å². The van der Waals surface area contributed by atoms with Crippen molar-refractivity contribution in [3.63, 3.8) is 0 Å². The number of halogens is 1. The number of hydrogen-bond acceptors (Lipinski definition) is 6. The summed E-state index contributed by atoms with van der Waals surface area (Å²) >= 11 is 6.13. The normalized spacial score (nSPS) is 10.6. The van der Waals surface area contributed by atoms with Crippen molar-refractivity contribution in [1.29, 1.82) is 0 Å². The number of hydrogen-bond donors (Lipinski definition) is 1. The van der Waals surface area contributed by atoms with Crippen molar-refractivity contribution in [1.82, 2.24) is 0 Å². The van der Waals surface area contributed by atoms with Crippen molar-refractivity contribution in [2.24, 2.45) is 0 Å². The van der Waals surface area contributed by atoms with Gasteiger partial charge in [0.15, 0.2) is 23.9 Å². The van der Waals surface area contributed by atoms with Crippen LogP contribution < -0.4 is 14.8 Å². The molecule has 2 aromatic rings. The van der Waals surface area contributed by atoms with E-state index >= 15 is 0 Å². The minimum Gasteiger partial charge on any atom is -0.493 e. The van der Waals surface area contributed by atoms with Gasteiger partial charge in [-0.1, -0.05) is 18.5 Å². The van der Waals surface area contributed by atoms with E-state index in [1.54, 1.807) is 36.4 Å². The summed E-state index contributed by atoms with van der Waals surface area (Å²) in [4.78, 5) is 35.8. The number of ether oxygens (including phenoxy) is 3. The fourth-order valence-corrected chi connectivity index (χ4v) is 2.95. The third kappa shape index (κ3) is 7.15. The van der Waals surface area contributed by atoms with Crippen LogP contribution in [0.2, 0.25) is 5.02 Å². The highest BCUT2D eigenvalue weighted by atomic mass is 35.5. The first kappa shape index (κ1) is 24.0. The molecule has 0 bridgehead atoms. The first-order valence-electron chi connectivity index (χ1n) is 9.57. The molecule has 0 radical (unpaired) electrons. The Labute approximate surface area is 185 Å². The maximum absolute atomic E-state index is 12.2. The number of Topliss-reactive ketones (excluding diaryl/α,β-unsaturated/α-hetero) is 1. The molecule has 0 heterocycles. The van der Waals surface area contributed by atoms with Crippen LogP contribution in [0.4, 0.5) is 5.69 Å². The fraction of sp³-hybridized carbons (Fsp3) is 0.261. The van der Waals surface area contributed by atoms with Crippen molar-refractivity contribution >= 4 is 41.0 Å². The Bertz CT molecular complexity index is 969. The molecule has 0 atom stereocenters. The molecule has 7 nitrogen and oxygen atoms in total. The van der Waals surface area contributed by atoms with Crippen molar-refractivity contribution in [3.05, 3.63) is 58.6 Å². The van der Waals surface area contributed by atoms with Crippen LogP contribution >= 0.6 is 11.6 Å². The van der Waals surface area contributed by atoms with E-state index in [-0.39, 0.29) is 11.7 Å². The Morgan fingerprint density at radius 1 is 1.06 bits per heavy atom. The van der Waals surface area contributed by atoms with Crippen LogP contribution in [0.5, 0.6) is 11.5 Å². The highest BCUT2D eigenvalue weighted by Gasteiger charge is 2.11. The number of benzene rings is 2. The topological polar surface area (TPSA) is 90.9 Å². The van der Waals surface area contributed by atoms with E-state index in [1.807, 2.05) is 6.92 Å². The van der Waals surface area contributed by atoms with Gasteiger partial charge in [0.25, 0.3) is 0 Å². The average Bonchev–Trinajstić information content (AvgIpc) is 2.76. The smallest absolute Gasteiger partial charge is 0.331 e. The van der Waals surface area contributed by atoms with Gasteiger partial charge in [-0.2, -0.15) is 0 Å². The minimum atomic E-state index is -0.678. The number of rotatable bonds is 10. The Hall–Kier alpha value is -3.32. The molecule has 2 aromatic carbocycles. The summed E-state index contributed by atoms with van der Waals surface area (Å²) in [5.74, 6) is -0.305. The van der Waals surface area contributed by atoms with Crippen LogP contribution in [0.3, 0.4) is 0 Å². The number of carbonyl (C=O) groups excluding carboxylic acids is 3. The molecule has 8 heteroatoms. The van der Waals surface area contributed by atoms with Gasteiger partial charge >= 0.3 is 5.97 Å². The Balaban J connectivity index is 1.91. The maximum atomic E-state index is 12.2. The third-order valence-corrected chi connectivity index (χ3v) is 4.46. The first-order valence-corrected chi connectivity index (χ1v) is 9.95. The average molecular weight is 446 g/mol. The number of ketones is 1. The van der Waals surface area contributed by atoms with Crippen LogP contribution in [-0.2, 0) is 14.3 Å². The first-order chi connectivity index (χ1) is 14.9. The van der Waals surface area contributed by atoms with Crippen LogP contribution in [0.15, 0.2) is 42.5 Å². The minimum absolute atomic E-state index is 0.0851. The molecule has 31 heavy (non-hydrogen) atoms. The second-order valence-electron chi connectivity index (χ2n) is 6.48. The second-order valence-corrected chi connectivity index (χ2v) is 6.89. The second kappa shape index (κ2) is 11.8. The van der Waals surface area contributed by atoms with E-state index in [0.29, 0.717) is 39.8 Å². The van der Waals surface area contributed by atoms with Crippen LogP contribution in [0.25, 0.3) is 6.08 Å². The molecule has 0 fully saturated rings. The predicted molar refractivity (Wildman–Crippen MR) is 119 cm³/mol. The van der Waals surface area contributed by atoms with Gasteiger partial charge in [-0.15, -0.1) is 0 Å². The molecule has 0 aliphatic rings. The molecule has 1 N–H and O–H groups in total. The Morgan fingerprint density at radius 2 is 1.77 bits per heavy atom. The number of amides is 1. The molecule has 0 aliphatic carbocycles. The van der Waals surface area contributed by atoms with E-state index in [9.17, 15) is 14.4 Å². The summed E-state index contributed by atoms with van der Waals surface area (Å²) in [7, 11) is 2.96. The summed E-state index contributed by atoms with van der Waals surface area (Å²) in [5, 5.41) is 3.07. The Morgan fingerprint density at radius 3 is 2.39 bits per heavy atom. The molecular formula is C23H24ClNO6. The van der Waals surface area contributed by atoms with Gasteiger partial charge in [0.2, 0.25) is 5.91 Å². The molecule has 0 aromatic heterocycles. The zero-order valence-corrected chi connectivity index (χ0v) is 18.3. The molecule has 0 saturated heterocycles. The lowest BCUT2D eigenvalue weighted by atomic mass is 10.1. The predicted octanol–water partition coefficient (Wildman–Crippen LogP) is 4.54. The van der Waals surface area contributed by atoms with Crippen molar-refractivity contribution in [2.75, 3.05) is 26.1 Å². The third-order valence-electron chi connectivity index (χ3n) is 4.18. The molecule has 164 valence electrons. The lowest BCUT2D eigenvalue weighted by Crippen LogP contribution is -2.13. The van der Waals surface area contributed by atoms with E-state index in [0.717, 1.165) is 6.42 Å². The number of anilines is 1. The van der Waals surface area contributed by atoms with Gasteiger partial charge in [0.1, 0.15) is 0 Å². The van der Waals surface area contributed by atoms with Gasteiger partial charge in [0, 0.05) is 23.7 Å². The quantitative estimate of drug-likeness (QED) is 0.328. The number of carbonyl (C=O) groups is 3. The summed E-state index contributed by atoms with van der Waals surface area (Å²) < 4.78 is 15.4. The van der Waals surface area contributed by atoms with Crippen molar-refractivity contribution < 1.29 is 28.6 Å². The van der Waals surface area contributed by atoms with Gasteiger partial charge in [0.05, 0.1) is 19.2 Å². The number of methoxy groups -OCH3 is 2. The summed E-state index contributed by atoms with van der Waals surface area (Å²) in [6.07, 6.45) is 3.87. The standard InChI is InChI=1S/C23H24ClNO6/c1-4-5-21(27)25-17-9-7-16(8-10-17)19(26)14-31-22(28)11-6-15-12-18(24)23(30-3)20(13-15)29-2/h6-13H,4-5,14H2,1-3H3,(H,25,27)/b11-6+. The van der Waals surface area contributed by atoms with E-state index < -0.39 is 12.6 Å². The van der Waals surface area contributed by atoms with Gasteiger partial charge in [-0.3, -0.25) is 9.59 Å². The molecule has 0 unspecified atom stereocenters. The summed E-state index contributed by atoms with van der Waals surface area (Å²) in [6.45, 7) is 1.51. The Kier molecular flexibility index (Phi) is 9.09. The lowest BCUT2D eigenvalue weighted by molar-refractivity contribution is -0.136. The van der Waals surface area contributed by atoms with Crippen molar-refractivity contribution in [3.8, 4) is 11.5 Å². The van der Waals surface area contributed by atoms with Gasteiger partial charge in [-0.05, 0) is 54.5 Å². The molecule has 2 rings (SSSR count). The molecular weight excluding hydrogens is 422 g/mol. The van der Waals surface area contributed by atoms with Gasteiger partial charge < -0.3 is 19.5 Å². The molecule has 0 spiro atoms. The van der Waals surface area contributed by atoms with Crippen LogP contribution in [0.1, 0.15) is 35.7 Å². The lowest BCUT2D eigenvalue weighted by Gasteiger charge is -2.10. The highest BCUT2D eigenvalue weighted by Crippen LogP contribution is 2.36. The zero-order chi connectivity index (χ0) is 22.8. The van der Waals surface area contributed by atoms with Crippen LogP contribution in [0, 0.1) is 0 Å². The van der Waals surface area contributed by atoms with E-state index in [2.05, 4.69) is 5.32 Å². The monoisotopic (exact) mass is 445 g/mol. The molecule has 1 amide bonds.